The van der Waals surface area contributed by atoms with Gasteiger partial charge >= 0.3 is 6.18 Å². The van der Waals surface area contributed by atoms with Crippen molar-refractivity contribution in [3.05, 3.63) is 65.2 Å². The molecule has 0 bridgehead atoms. The summed E-state index contributed by atoms with van der Waals surface area (Å²) in [5.74, 6) is -0.810. The molecule has 170 valence electrons. The van der Waals surface area contributed by atoms with Gasteiger partial charge in [-0.1, -0.05) is 42.0 Å². The van der Waals surface area contributed by atoms with Gasteiger partial charge in [-0.05, 0) is 43.9 Å². The second kappa shape index (κ2) is 8.58. The van der Waals surface area contributed by atoms with Crippen molar-refractivity contribution in [3.63, 3.8) is 0 Å². The van der Waals surface area contributed by atoms with Crippen LogP contribution in [-0.4, -0.2) is 37.6 Å². The fraction of sp³-hybridized carbons (Fsp3) is 0.417. The first kappa shape index (κ1) is 22.3. The molecule has 5 nitrogen and oxygen atoms in total. The van der Waals surface area contributed by atoms with Gasteiger partial charge in [-0.25, -0.2) is 0 Å². The number of carbonyl (C=O) groups excluding carboxylic acids is 2. The Balaban J connectivity index is 1.56. The molecule has 2 aromatic rings. The Bertz CT molecular complexity index is 998. The highest BCUT2D eigenvalue weighted by atomic mass is 19.4. The van der Waals surface area contributed by atoms with Gasteiger partial charge in [-0.2, -0.15) is 13.2 Å². The SMILES string of the molecule is Cc1ccc(C2(C(=O)NC3CCN(c4ccccc4C(F)(F)F)C3=O)CCOCC2)cc1. The summed E-state index contributed by atoms with van der Waals surface area (Å²) in [6, 6.07) is 11.9. The molecule has 0 aliphatic carbocycles. The molecule has 4 rings (SSSR count). The van der Waals surface area contributed by atoms with Crippen molar-refractivity contribution in [1.82, 2.24) is 5.32 Å². The first-order valence-corrected chi connectivity index (χ1v) is 10.7. The first-order valence-electron chi connectivity index (χ1n) is 10.7. The third-order valence-corrected chi connectivity index (χ3v) is 6.40. The Labute approximate surface area is 184 Å². The summed E-state index contributed by atoms with van der Waals surface area (Å²) in [6.45, 7) is 2.92. The van der Waals surface area contributed by atoms with E-state index in [4.69, 9.17) is 4.74 Å². The van der Waals surface area contributed by atoms with E-state index in [1.165, 1.54) is 18.2 Å². The lowest BCUT2D eigenvalue weighted by Gasteiger charge is -2.37. The number of rotatable bonds is 4. The number of hydrogen-bond acceptors (Lipinski definition) is 3. The Morgan fingerprint density at radius 1 is 1.09 bits per heavy atom. The van der Waals surface area contributed by atoms with Crippen molar-refractivity contribution in [3.8, 4) is 0 Å². The van der Waals surface area contributed by atoms with E-state index < -0.39 is 29.1 Å². The van der Waals surface area contributed by atoms with E-state index in [1.807, 2.05) is 31.2 Å². The van der Waals surface area contributed by atoms with Crippen LogP contribution in [0.3, 0.4) is 0 Å². The van der Waals surface area contributed by atoms with Gasteiger partial charge in [0.2, 0.25) is 11.8 Å². The molecule has 0 aromatic heterocycles. The number of amides is 2. The Kier molecular flexibility index (Phi) is 5.99. The molecule has 1 unspecified atom stereocenters. The van der Waals surface area contributed by atoms with E-state index in [2.05, 4.69) is 5.32 Å². The Morgan fingerprint density at radius 2 is 1.75 bits per heavy atom. The zero-order chi connectivity index (χ0) is 22.9. The zero-order valence-electron chi connectivity index (χ0n) is 17.7. The predicted octanol–water partition coefficient (Wildman–Crippen LogP) is 3.98. The van der Waals surface area contributed by atoms with Crippen LogP contribution in [0.2, 0.25) is 0 Å². The predicted molar refractivity (Wildman–Crippen MR) is 113 cm³/mol. The highest BCUT2D eigenvalue weighted by Gasteiger charge is 2.45. The average molecular weight is 446 g/mol. The number of alkyl halides is 3. The molecule has 2 aliphatic heterocycles. The minimum atomic E-state index is -4.57. The minimum absolute atomic E-state index is 0.109. The molecule has 1 N–H and O–H groups in total. The normalized spacial score (nSPS) is 20.9. The van der Waals surface area contributed by atoms with E-state index in [-0.39, 0.29) is 24.6 Å². The van der Waals surface area contributed by atoms with Gasteiger partial charge in [0, 0.05) is 19.8 Å². The molecule has 2 aliphatic rings. The molecule has 0 spiro atoms. The third kappa shape index (κ3) is 4.11. The Morgan fingerprint density at radius 3 is 2.41 bits per heavy atom. The van der Waals surface area contributed by atoms with Crippen LogP contribution in [0.25, 0.3) is 0 Å². The van der Waals surface area contributed by atoms with Crippen LogP contribution in [0.15, 0.2) is 48.5 Å². The quantitative estimate of drug-likeness (QED) is 0.773. The molecular weight excluding hydrogens is 421 g/mol. The number of hydrogen-bond donors (Lipinski definition) is 1. The summed E-state index contributed by atoms with van der Waals surface area (Å²) in [5.41, 5.74) is 0.0562. The van der Waals surface area contributed by atoms with Gasteiger partial charge < -0.3 is 15.0 Å². The van der Waals surface area contributed by atoms with E-state index in [9.17, 15) is 22.8 Å². The number of anilines is 1. The molecule has 2 saturated heterocycles. The summed E-state index contributed by atoms with van der Waals surface area (Å²) >= 11 is 0. The van der Waals surface area contributed by atoms with Crippen molar-refractivity contribution in [2.75, 3.05) is 24.7 Å². The topological polar surface area (TPSA) is 58.6 Å². The maximum atomic E-state index is 13.5. The lowest BCUT2D eigenvalue weighted by atomic mass is 9.73. The number of benzene rings is 2. The summed E-state index contributed by atoms with van der Waals surface area (Å²) in [6.07, 6.45) is -3.38. The Hall–Kier alpha value is -2.87. The maximum Gasteiger partial charge on any atom is 0.418 e. The highest BCUT2D eigenvalue weighted by Crippen LogP contribution is 2.39. The van der Waals surface area contributed by atoms with E-state index in [1.54, 1.807) is 0 Å². The molecule has 2 fully saturated rings. The van der Waals surface area contributed by atoms with Gasteiger partial charge in [0.25, 0.3) is 0 Å². The van der Waals surface area contributed by atoms with Crippen LogP contribution in [-0.2, 0) is 25.9 Å². The number of para-hydroxylation sites is 1. The average Bonchev–Trinajstić information content (AvgIpc) is 3.14. The lowest BCUT2D eigenvalue weighted by molar-refractivity contribution is -0.137. The molecule has 2 heterocycles. The number of ether oxygens (including phenoxy) is 1. The van der Waals surface area contributed by atoms with Crippen molar-refractivity contribution in [2.24, 2.45) is 0 Å². The minimum Gasteiger partial charge on any atom is -0.381 e. The number of nitrogens with zero attached hydrogens (tertiary/aromatic N) is 1. The molecule has 32 heavy (non-hydrogen) atoms. The van der Waals surface area contributed by atoms with E-state index in [0.717, 1.165) is 22.1 Å². The van der Waals surface area contributed by atoms with E-state index >= 15 is 0 Å². The molecule has 1 atom stereocenters. The zero-order valence-corrected chi connectivity index (χ0v) is 17.7. The third-order valence-electron chi connectivity index (χ3n) is 6.40. The second-order valence-corrected chi connectivity index (χ2v) is 8.38. The highest BCUT2D eigenvalue weighted by molar-refractivity contribution is 6.03. The van der Waals surface area contributed by atoms with Crippen LogP contribution in [0, 0.1) is 6.92 Å². The largest absolute Gasteiger partial charge is 0.418 e. The number of halogens is 3. The smallest absolute Gasteiger partial charge is 0.381 e. The fourth-order valence-corrected chi connectivity index (χ4v) is 4.54. The lowest BCUT2D eigenvalue weighted by Crippen LogP contribution is -2.52. The summed E-state index contributed by atoms with van der Waals surface area (Å²) < 4.78 is 45.7. The van der Waals surface area contributed by atoms with Crippen molar-refractivity contribution in [2.45, 2.75) is 43.8 Å². The standard InChI is InChI=1S/C24H25F3N2O3/c1-16-6-8-17(9-7-16)23(11-14-32-15-12-23)22(31)28-19-10-13-29(21(19)30)20-5-3-2-4-18(20)24(25,26)27/h2-9,19H,10-15H2,1H3,(H,28,31). The van der Waals surface area contributed by atoms with Gasteiger partial charge in [0.15, 0.2) is 0 Å². The maximum absolute atomic E-state index is 13.5. The molecule has 2 aromatic carbocycles. The number of aryl methyl sites for hydroxylation is 1. The molecular formula is C24H25F3N2O3. The van der Waals surface area contributed by atoms with Crippen molar-refractivity contribution in [1.29, 1.82) is 0 Å². The van der Waals surface area contributed by atoms with Crippen LogP contribution >= 0.6 is 0 Å². The van der Waals surface area contributed by atoms with E-state index in [0.29, 0.717) is 26.1 Å². The summed E-state index contributed by atoms with van der Waals surface area (Å²) in [5, 5.41) is 2.84. The van der Waals surface area contributed by atoms with Gasteiger partial charge in [0.1, 0.15) is 6.04 Å². The molecule has 0 saturated carbocycles. The number of carbonyl (C=O) groups is 2. The van der Waals surface area contributed by atoms with Gasteiger partial charge in [-0.15, -0.1) is 0 Å². The van der Waals surface area contributed by atoms with Crippen molar-refractivity contribution < 1.29 is 27.5 Å². The summed E-state index contributed by atoms with van der Waals surface area (Å²) in [4.78, 5) is 27.6. The van der Waals surface area contributed by atoms with Crippen LogP contribution in [0.5, 0.6) is 0 Å². The van der Waals surface area contributed by atoms with Crippen LogP contribution in [0.1, 0.15) is 36.0 Å². The number of nitrogens with one attached hydrogen (secondary N) is 1. The fourth-order valence-electron chi connectivity index (χ4n) is 4.54. The first-order chi connectivity index (χ1) is 15.2. The second-order valence-electron chi connectivity index (χ2n) is 8.38. The van der Waals surface area contributed by atoms with Gasteiger partial charge in [-0.3, -0.25) is 9.59 Å². The van der Waals surface area contributed by atoms with Crippen LogP contribution < -0.4 is 10.2 Å². The summed E-state index contributed by atoms with van der Waals surface area (Å²) in [7, 11) is 0. The van der Waals surface area contributed by atoms with Crippen LogP contribution in [0.4, 0.5) is 18.9 Å². The van der Waals surface area contributed by atoms with Crippen molar-refractivity contribution >= 4 is 17.5 Å². The monoisotopic (exact) mass is 446 g/mol. The molecule has 8 heteroatoms. The molecule has 2 amide bonds. The molecule has 0 radical (unpaired) electrons. The van der Waals surface area contributed by atoms with Gasteiger partial charge in [0.05, 0.1) is 16.7 Å².